The summed E-state index contributed by atoms with van der Waals surface area (Å²) in [5, 5.41) is 2.90. The molecule has 1 N–H and O–H groups in total. The van der Waals surface area contributed by atoms with Crippen LogP contribution in [0.5, 0.6) is 0 Å². The molecule has 1 aromatic heterocycles. The highest BCUT2D eigenvalue weighted by Gasteiger charge is 2.23. The Morgan fingerprint density at radius 1 is 0.962 bits per heavy atom. The Hall–Kier alpha value is -2.43. The SMILES string of the molecule is O=C1Nc2ccccc2/C1=C\c1cc[n+](Cc2ccc(Br)cc2)cc1.[Cl-]. The molecule has 26 heavy (non-hydrogen) atoms. The molecule has 5 heteroatoms. The number of anilines is 1. The number of nitrogens with zero attached hydrogens (tertiary/aromatic N) is 1. The zero-order valence-electron chi connectivity index (χ0n) is 13.8. The Morgan fingerprint density at radius 2 is 1.65 bits per heavy atom. The molecule has 3 aromatic rings. The Morgan fingerprint density at radius 3 is 2.38 bits per heavy atom. The van der Waals surface area contributed by atoms with Crippen LogP contribution in [-0.4, -0.2) is 5.91 Å². The van der Waals surface area contributed by atoms with Gasteiger partial charge in [-0.1, -0.05) is 46.3 Å². The van der Waals surface area contributed by atoms with Gasteiger partial charge in [-0.2, -0.15) is 0 Å². The van der Waals surface area contributed by atoms with Gasteiger partial charge in [0.2, 0.25) is 0 Å². The third-order valence-corrected chi connectivity index (χ3v) is 4.75. The standard InChI is InChI=1S/C21H15BrN2O.ClH/c22-17-7-5-16(6-8-17)14-24-11-9-15(10-12-24)13-19-18-3-1-2-4-20(18)23-21(19)25;/h1-13H,14H2;1H. The number of aromatic nitrogens is 1. The van der Waals surface area contributed by atoms with E-state index in [-0.39, 0.29) is 18.3 Å². The fourth-order valence-electron chi connectivity index (χ4n) is 2.92. The summed E-state index contributed by atoms with van der Waals surface area (Å²) in [4.78, 5) is 12.2. The van der Waals surface area contributed by atoms with Crippen molar-refractivity contribution in [3.8, 4) is 0 Å². The van der Waals surface area contributed by atoms with Crippen molar-refractivity contribution in [2.75, 3.05) is 5.32 Å². The minimum Gasteiger partial charge on any atom is -1.00 e. The lowest BCUT2D eigenvalue weighted by Gasteiger charge is -2.00. The van der Waals surface area contributed by atoms with Crippen LogP contribution in [0.2, 0.25) is 0 Å². The molecule has 1 aliphatic rings. The van der Waals surface area contributed by atoms with E-state index in [1.807, 2.05) is 67.0 Å². The van der Waals surface area contributed by atoms with Gasteiger partial charge in [-0.3, -0.25) is 4.79 Å². The molecule has 1 aliphatic heterocycles. The number of nitrogens with one attached hydrogen (secondary N) is 1. The molecule has 2 aromatic carbocycles. The van der Waals surface area contributed by atoms with Crippen molar-refractivity contribution >= 4 is 39.2 Å². The van der Waals surface area contributed by atoms with Crippen LogP contribution in [0.15, 0.2) is 77.5 Å². The number of rotatable bonds is 3. The quantitative estimate of drug-likeness (QED) is 0.496. The third kappa shape index (κ3) is 3.87. The van der Waals surface area contributed by atoms with E-state index >= 15 is 0 Å². The number of hydrogen-bond acceptors (Lipinski definition) is 1. The first-order chi connectivity index (χ1) is 12.2. The predicted molar refractivity (Wildman–Crippen MR) is 103 cm³/mol. The highest BCUT2D eigenvalue weighted by molar-refractivity contribution is 9.10. The zero-order valence-corrected chi connectivity index (χ0v) is 16.2. The summed E-state index contributed by atoms with van der Waals surface area (Å²) in [5.74, 6) is -0.0483. The van der Waals surface area contributed by atoms with Gasteiger partial charge in [0.15, 0.2) is 18.9 Å². The van der Waals surface area contributed by atoms with Crippen LogP contribution in [0.4, 0.5) is 5.69 Å². The second kappa shape index (κ2) is 7.85. The summed E-state index contributed by atoms with van der Waals surface area (Å²) in [6.07, 6.45) is 6.01. The molecule has 0 aliphatic carbocycles. The minimum atomic E-state index is -0.0483. The van der Waals surface area contributed by atoms with E-state index in [2.05, 4.69) is 37.9 Å². The molecule has 0 radical (unpaired) electrons. The highest BCUT2D eigenvalue weighted by atomic mass is 79.9. The van der Waals surface area contributed by atoms with Crippen molar-refractivity contribution in [3.05, 3.63) is 94.2 Å². The van der Waals surface area contributed by atoms with Crippen molar-refractivity contribution in [1.82, 2.24) is 0 Å². The molecule has 0 fully saturated rings. The van der Waals surface area contributed by atoms with Crippen LogP contribution in [0.25, 0.3) is 11.6 Å². The lowest BCUT2D eigenvalue weighted by Crippen LogP contribution is -3.00. The molecule has 130 valence electrons. The first-order valence-electron chi connectivity index (χ1n) is 8.05. The molecule has 0 spiro atoms. The Bertz CT molecular complexity index is 966. The largest absolute Gasteiger partial charge is 1.00 e. The van der Waals surface area contributed by atoms with Gasteiger partial charge in [-0.25, -0.2) is 4.57 Å². The second-order valence-corrected chi connectivity index (χ2v) is 6.90. The predicted octanol–water partition coefficient (Wildman–Crippen LogP) is 1.28. The van der Waals surface area contributed by atoms with Crippen LogP contribution < -0.4 is 22.3 Å². The summed E-state index contributed by atoms with van der Waals surface area (Å²) < 4.78 is 3.20. The van der Waals surface area contributed by atoms with Gasteiger partial charge in [-0.05, 0) is 29.8 Å². The van der Waals surface area contributed by atoms with Gasteiger partial charge in [0, 0.05) is 39.0 Å². The van der Waals surface area contributed by atoms with E-state index in [4.69, 9.17) is 0 Å². The Kier molecular flexibility index (Phi) is 5.55. The lowest BCUT2D eigenvalue weighted by atomic mass is 10.0. The smallest absolute Gasteiger partial charge is 0.256 e. The van der Waals surface area contributed by atoms with Gasteiger partial charge in [0.1, 0.15) is 0 Å². The molecule has 0 unspecified atom stereocenters. The van der Waals surface area contributed by atoms with E-state index in [1.54, 1.807) is 0 Å². The van der Waals surface area contributed by atoms with Gasteiger partial charge < -0.3 is 17.7 Å². The van der Waals surface area contributed by atoms with Crippen molar-refractivity contribution < 1.29 is 21.8 Å². The van der Waals surface area contributed by atoms with E-state index in [0.29, 0.717) is 5.57 Å². The molecule has 4 rings (SSSR count). The minimum absolute atomic E-state index is 0. The van der Waals surface area contributed by atoms with Crippen LogP contribution in [0.3, 0.4) is 0 Å². The average molecular weight is 428 g/mol. The maximum Gasteiger partial charge on any atom is 0.256 e. The van der Waals surface area contributed by atoms with Crippen molar-refractivity contribution in [2.45, 2.75) is 6.54 Å². The van der Waals surface area contributed by atoms with Crippen molar-refractivity contribution in [2.24, 2.45) is 0 Å². The molecule has 1 amide bonds. The van der Waals surface area contributed by atoms with Crippen LogP contribution >= 0.6 is 15.9 Å². The number of amides is 1. The van der Waals surface area contributed by atoms with Gasteiger partial charge in [0.25, 0.3) is 5.91 Å². The normalized spacial score (nSPS) is 13.9. The van der Waals surface area contributed by atoms with Gasteiger partial charge in [0.05, 0.1) is 0 Å². The van der Waals surface area contributed by atoms with Gasteiger partial charge in [-0.15, -0.1) is 0 Å². The number of fused-ring (bicyclic) bond motifs is 1. The summed E-state index contributed by atoms with van der Waals surface area (Å²) in [5.41, 5.74) is 4.79. The number of carbonyl (C=O) groups excluding carboxylic acids is 1. The molecule has 0 bridgehead atoms. The van der Waals surface area contributed by atoms with Crippen molar-refractivity contribution in [1.29, 1.82) is 0 Å². The summed E-state index contributed by atoms with van der Waals surface area (Å²) in [7, 11) is 0. The van der Waals surface area contributed by atoms with Crippen molar-refractivity contribution in [3.63, 3.8) is 0 Å². The molecule has 0 saturated carbocycles. The third-order valence-electron chi connectivity index (χ3n) is 4.22. The fourth-order valence-corrected chi connectivity index (χ4v) is 3.18. The monoisotopic (exact) mass is 426 g/mol. The molecule has 3 nitrogen and oxygen atoms in total. The summed E-state index contributed by atoms with van der Waals surface area (Å²) >= 11 is 3.45. The number of halogens is 2. The number of benzene rings is 2. The number of carbonyl (C=O) groups is 1. The highest BCUT2D eigenvalue weighted by Crippen LogP contribution is 2.32. The number of pyridine rings is 1. The van der Waals surface area contributed by atoms with E-state index in [9.17, 15) is 4.79 Å². The lowest BCUT2D eigenvalue weighted by molar-refractivity contribution is -0.688. The first-order valence-corrected chi connectivity index (χ1v) is 8.84. The Balaban J connectivity index is 0.00000196. The van der Waals surface area contributed by atoms with Crippen LogP contribution in [-0.2, 0) is 11.3 Å². The molecule has 0 atom stereocenters. The summed E-state index contributed by atoms with van der Waals surface area (Å²) in [6, 6.07) is 20.1. The fraction of sp³-hybridized carbons (Fsp3) is 0.0476. The first kappa shape index (κ1) is 18.4. The maximum absolute atomic E-state index is 12.2. The molecule has 2 heterocycles. The Labute approximate surface area is 166 Å². The summed E-state index contributed by atoms with van der Waals surface area (Å²) in [6.45, 7) is 0.813. The molecular weight excluding hydrogens is 412 g/mol. The van der Waals surface area contributed by atoms with Crippen LogP contribution in [0, 0.1) is 0 Å². The zero-order chi connectivity index (χ0) is 17.2. The maximum atomic E-state index is 12.2. The topological polar surface area (TPSA) is 33.0 Å². The molecular formula is C21H16BrClN2O. The van der Waals surface area contributed by atoms with E-state index in [0.717, 1.165) is 27.8 Å². The molecule has 0 saturated heterocycles. The average Bonchev–Trinajstić information content (AvgIpc) is 2.94. The number of hydrogen-bond donors (Lipinski definition) is 1. The van der Waals surface area contributed by atoms with E-state index < -0.39 is 0 Å². The second-order valence-electron chi connectivity index (χ2n) is 5.99. The van der Waals surface area contributed by atoms with Crippen LogP contribution in [0.1, 0.15) is 16.7 Å². The van der Waals surface area contributed by atoms with Gasteiger partial charge >= 0.3 is 0 Å². The van der Waals surface area contributed by atoms with E-state index in [1.165, 1.54) is 5.56 Å². The number of para-hydroxylation sites is 1.